The van der Waals surface area contributed by atoms with E-state index in [1.807, 2.05) is 6.07 Å². The molecule has 1 aliphatic carbocycles. The number of hydrogen-bond acceptors (Lipinski definition) is 4. The molecule has 2 N–H and O–H groups in total. The molecule has 3 aromatic rings. The lowest BCUT2D eigenvalue weighted by Gasteiger charge is -2.32. The molecule has 0 bridgehead atoms. The maximum atomic E-state index is 12.8. The summed E-state index contributed by atoms with van der Waals surface area (Å²) in [6.07, 6.45) is 3.15. The van der Waals surface area contributed by atoms with Crippen LogP contribution >= 0.6 is 10.5 Å². The van der Waals surface area contributed by atoms with E-state index >= 15 is 0 Å². The first kappa shape index (κ1) is 25.6. The summed E-state index contributed by atoms with van der Waals surface area (Å²) in [5.41, 5.74) is 2.40. The fourth-order valence-electron chi connectivity index (χ4n) is 5.36. The molecule has 1 fully saturated rings. The summed E-state index contributed by atoms with van der Waals surface area (Å²) in [6, 6.07) is 13.5. The number of H-pyrrole nitrogens is 1. The highest BCUT2D eigenvalue weighted by Crippen LogP contribution is 2.40. The molecule has 5 rings (SSSR count). The quantitative estimate of drug-likeness (QED) is 0.386. The maximum absolute atomic E-state index is 12.8. The van der Waals surface area contributed by atoms with Crippen molar-refractivity contribution >= 4 is 27.4 Å². The number of nitrogens with one attached hydrogen (secondary N) is 2. The summed E-state index contributed by atoms with van der Waals surface area (Å²) in [4.78, 5) is 22.6. The van der Waals surface area contributed by atoms with Crippen molar-refractivity contribution in [2.75, 3.05) is 16.8 Å². The Hall–Kier alpha value is -3.07. The summed E-state index contributed by atoms with van der Waals surface area (Å²) in [5, 5.41) is 6.17. The zero-order chi connectivity index (χ0) is 26.0. The molecular formula is C28H31F3N4OS. The van der Waals surface area contributed by atoms with E-state index in [2.05, 4.69) is 56.7 Å². The monoisotopic (exact) mass is 528 g/mol. The van der Waals surface area contributed by atoms with Gasteiger partial charge in [0.15, 0.2) is 0 Å². The van der Waals surface area contributed by atoms with Crippen molar-refractivity contribution in [3.8, 4) is 0 Å². The first-order valence-electron chi connectivity index (χ1n) is 12.7. The van der Waals surface area contributed by atoms with Gasteiger partial charge in [-0.15, -0.1) is 0 Å². The number of fused-ring (bicyclic) bond motifs is 1. The number of aromatic nitrogens is 2. The Morgan fingerprint density at radius 2 is 1.84 bits per heavy atom. The van der Waals surface area contributed by atoms with Crippen molar-refractivity contribution in [3.05, 3.63) is 81.9 Å². The number of halogens is 3. The second-order valence-corrected chi connectivity index (χ2v) is 12.0. The van der Waals surface area contributed by atoms with E-state index in [1.54, 1.807) is 6.20 Å². The van der Waals surface area contributed by atoms with Crippen LogP contribution in [0.25, 0.3) is 0 Å². The summed E-state index contributed by atoms with van der Waals surface area (Å²) in [7, 11) is 0.0242. The lowest BCUT2D eigenvalue weighted by Crippen LogP contribution is -2.34. The van der Waals surface area contributed by atoms with Gasteiger partial charge in [-0.2, -0.15) is 23.7 Å². The van der Waals surface area contributed by atoms with Crippen LogP contribution < -0.4 is 15.8 Å². The maximum Gasteiger partial charge on any atom is 0.417 e. The molecule has 1 aromatic carbocycles. The molecule has 3 heterocycles. The Labute approximate surface area is 217 Å². The Balaban J connectivity index is 1.18. The lowest BCUT2D eigenvalue weighted by atomic mass is 9.95. The van der Waals surface area contributed by atoms with Gasteiger partial charge in [0.05, 0.1) is 5.56 Å². The molecule has 2 aromatic heterocycles. The fourth-order valence-corrected chi connectivity index (χ4v) is 7.63. The molecule has 2 aliphatic rings. The highest BCUT2D eigenvalue weighted by Gasteiger charge is 2.31. The van der Waals surface area contributed by atoms with E-state index < -0.39 is 11.7 Å². The molecule has 0 saturated heterocycles. The largest absolute Gasteiger partial charge is 0.417 e. The first-order chi connectivity index (χ1) is 17.8. The van der Waals surface area contributed by atoms with Crippen molar-refractivity contribution in [1.29, 1.82) is 0 Å². The van der Waals surface area contributed by atoms with E-state index in [1.165, 1.54) is 11.0 Å². The summed E-state index contributed by atoms with van der Waals surface area (Å²) in [5.74, 6) is 0.496. The van der Waals surface area contributed by atoms with Crippen LogP contribution in [0.1, 0.15) is 49.3 Å². The van der Waals surface area contributed by atoms with Crippen molar-refractivity contribution in [2.24, 2.45) is 0 Å². The van der Waals surface area contributed by atoms with E-state index in [0.717, 1.165) is 67.7 Å². The van der Waals surface area contributed by atoms with Crippen LogP contribution in [-0.4, -0.2) is 33.2 Å². The van der Waals surface area contributed by atoms with Gasteiger partial charge in [0.2, 0.25) is 0 Å². The smallest absolute Gasteiger partial charge is 0.367 e. The normalized spacial score (nSPS) is 20.9. The molecule has 5 nitrogen and oxygen atoms in total. The third-order valence-corrected chi connectivity index (χ3v) is 9.88. The number of benzene rings is 1. The van der Waals surface area contributed by atoms with Gasteiger partial charge in [0.25, 0.3) is 5.56 Å². The highest BCUT2D eigenvalue weighted by molar-refractivity contribution is 8.15. The molecule has 196 valence electrons. The lowest BCUT2D eigenvalue weighted by molar-refractivity contribution is -0.137. The highest BCUT2D eigenvalue weighted by atomic mass is 32.2. The third kappa shape index (κ3) is 5.76. The van der Waals surface area contributed by atoms with Crippen molar-refractivity contribution in [1.82, 2.24) is 9.97 Å². The van der Waals surface area contributed by atoms with E-state index in [4.69, 9.17) is 0 Å². The van der Waals surface area contributed by atoms with Crippen LogP contribution in [-0.2, 0) is 19.1 Å². The zero-order valence-corrected chi connectivity index (χ0v) is 21.5. The fraction of sp³-hybridized carbons (Fsp3) is 0.393. The average molecular weight is 529 g/mol. The predicted octanol–water partition coefficient (Wildman–Crippen LogP) is 6.22. The van der Waals surface area contributed by atoms with Crippen molar-refractivity contribution in [3.63, 3.8) is 0 Å². The van der Waals surface area contributed by atoms with Crippen LogP contribution in [0.2, 0.25) is 0 Å². The topological polar surface area (TPSA) is 61.0 Å². The van der Waals surface area contributed by atoms with E-state index in [0.29, 0.717) is 17.6 Å². The van der Waals surface area contributed by atoms with Crippen LogP contribution in [0.5, 0.6) is 0 Å². The molecule has 0 spiro atoms. The molecule has 37 heavy (non-hydrogen) atoms. The first-order valence-corrected chi connectivity index (χ1v) is 14.0. The number of pyridine rings is 2. The molecular weight excluding hydrogens is 497 g/mol. The van der Waals surface area contributed by atoms with Gasteiger partial charge in [-0.05, 0) is 87.1 Å². The molecule has 1 saturated carbocycles. The minimum Gasteiger partial charge on any atom is -0.367 e. The zero-order valence-electron chi connectivity index (χ0n) is 20.7. The van der Waals surface area contributed by atoms with E-state index in [-0.39, 0.29) is 22.1 Å². The second kappa shape index (κ2) is 10.7. The van der Waals surface area contributed by atoms with Gasteiger partial charge in [0, 0.05) is 52.9 Å². The molecule has 9 heteroatoms. The van der Waals surface area contributed by atoms with Crippen LogP contribution in [0.15, 0.2) is 64.5 Å². The molecule has 0 radical (unpaired) electrons. The number of alkyl halides is 3. The second-order valence-electron chi connectivity index (χ2n) is 9.63. The standard InChI is InChI=1S/C28H31F3N4OS/c1-2-37(23-8-4-21(5-9-23)34-26-12-3-20(17-33-26)28(29,30)31)24-10-6-22(7-11-24)35-16-14-19-13-15-32-27(36)25(19)18-35/h2-3,6-7,10-13,15,17,21,23H,4-5,8-9,14,16,18H2,1H3,(H,32,36)(H,33,34). The third-order valence-electron chi connectivity index (χ3n) is 7.36. The summed E-state index contributed by atoms with van der Waals surface area (Å²) in [6.45, 7) is 3.65. The summed E-state index contributed by atoms with van der Waals surface area (Å²) < 4.78 is 38.3. The number of anilines is 2. The van der Waals surface area contributed by atoms with Gasteiger partial charge < -0.3 is 15.2 Å². The minimum atomic E-state index is -4.37. The Morgan fingerprint density at radius 1 is 1.08 bits per heavy atom. The van der Waals surface area contributed by atoms with Gasteiger partial charge in [-0.25, -0.2) is 4.98 Å². The Morgan fingerprint density at radius 3 is 2.49 bits per heavy atom. The van der Waals surface area contributed by atoms with Crippen molar-refractivity contribution in [2.45, 2.75) is 67.9 Å². The van der Waals surface area contributed by atoms with Gasteiger partial charge >= 0.3 is 6.18 Å². The summed E-state index contributed by atoms with van der Waals surface area (Å²) >= 11 is 0. The van der Waals surface area contributed by atoms with Gasteiger partial charge in [-0.1, -0.05) is 5.37 Å². The van der Waals surface area contributed by atoms with Gasteiger partial charge in [-0.3, -0.25) is 4.79 Å². The molecule has 1 atom stereocenters. The Kier molecular flexibility index (Phi) is 7.42. The number of rotatable bonds is 5. The van der Waals surface area contributed by atoms with Gasteiger partial charge in [0.1, 0.15) is 5.82 Å². The molecule has 1 aliphatic heterocycles. The Bertz CT molecular complexity index is 1310. The van der Waals surface area contributed by atoms with Crippen LogP contribution in [0.3, 0.4) is 0 Å². The molecule has 0 amide bonds. The SMILES string of the molecule is CC=S(c1ccc(N2CCc3cc[nH]c(=O)c3C2)cc1)C1CCC(Nc2ccc(C(F)(F)F)cn2)CC1. The number of hydrogen-bond donors (Lipinski definition) is 2. The van der Waals surface area contributed by atoms with Crippen molar-refractivity contribution < 1.29 is 13.2 Å². The predicted molar refractivity (Wildman–Crippen MR) is 145 cm³/mol. The minimum absolute atomic E-state index is 0.000134. The number of nitrogens with zero attached hydrogens (tertiary/aromatic N) is 2. The van der Waals surface area contributed by atoms with E-state index in [9.17, 15) is 18.0 Å². The number of aromatic amines is 1. The van der Waals surface area contributed by atoms with Crippen LogP contribution in [0, 0.1) is 0 Å². The van der Waals surface area contributed by atoms with Crippen LogP contribution in [0.4, 0.5) is 24.7 Å². The average Bonchev–Trinajstić information content (AvgIpc) is 2.90. The molecule has 1 unspecified atom stereocenters.